The normalized spacial score (nSPS) is 13.7. The van der Waals surface area contributed by atoms with Gasteiger partial charge in [0.25, 0.3) is 0 Å². The molecule has 0 bridgehead atoms. The zero-order chi connectivity index (χ0) is 15.0. The number of ether oxygens (including phenoxy) is 1. The molecule has 0 aliphatic heterocycles. The summed E-state index contributed by atoms with van der Waals surface area (Å²) in [5.41, 5.74) is 0. The number of carboxylic acids is 1. The zero-order valence-electron chi connectivity index (χ0n) is 11.7. The lowest BCUT2D eigenvalue weighted by molar-refractivity contribution is -0.143. The van der Waals surface area contributed by atoms with Gasteiger partial charge in [-0.25, -0.2) is 4.79 Å². The fourth-order valence-electron chi connectivity index (χ4n) is 1.51. The van der Waals surface area contributed by atoms with Gasteiger partial charge in [-0.15, -0.1) is 0 Å². The van der Waals surface area contributed by atoms with Crippen LogP contribution < -0.4 is 10.6 Å². The highest BCUT2D eigenvalue weighted by atomic mass is 16.5. The molecule has 7 heteroatoms. The van der Waals surface area contributed by atoms with Gasteiger partial charge in [0, 0.05) is 27.1 Å². The van der Waals surface area contributed by atoms with Crippen molar-refractivity contribution in [3.63, 3.8) is 0 Å². The largest absolute Gasteiger partial charge is 0.480 e. The van der Waals surface area contributed by atoms with E-state index < -0.39 is 24.0 Å². The predicted octanol–water partition coefficient (Wildman–Crippen LogP) is -0.247. The number of hydrogen-bond donors (Lipinski definition) is 3. The Kier molecular flexibility index (Phi) is 7.74. The van der Waals surface area contributed by atoms with Gasteiger partial charge >= 0.3 is 5.97 Å². The third-order valence-corrected chi connectivity index (χ3v) is 2.53. The zero-order valence-corrected chi connectivity index (χ0v) is 11.7. The molecule has 0 spiro atoms. The molecule has 0 aromatic heterocycles. The van der Waals surface area contributed by atoms with Crippen LogP contribution in [0.3, 0.4) is 0 Å². The minimum absolute atomic E-state index is 0.138. The van der Waals surface area contributed by atoms with E-state index in [2.05, 4.69) is 10.6 Å². The predicted molar refractivity (Wildman–Crippen MR) is 68.5 cm³/mol. The van der Waals surface area contributed by atoms with E-state index in [4.69, 9.17) is 9.84 Å². The lowest BCUT2D eigenvalue weighted by Crippen LogP contribution is -2.53. The number of amides is 2. The number of hydrogen-bond acceptors (Lipinski definition) is 4. The molecule has 0 aromatic carbocycles. The molecule has 2 atom stereocenters. The Bertz CT molecular complexity index is 330. The van der Waals surface area contributed by atoms with Crippen LogP contribution in [0.25, 0.3) is 0 Å². The maximum atomic E-state index is 12.0. The van der Waals surface area contributed by atoms with Crippen LogP contribution in [0, 0.1) is 5.92 Å². The summed E-state index contributed by atoms with van der Waals surface area (Å²) < 4.78 is 4.79. The van der Waals surface area contributed by atoms with E-state index in [0.717, 1.165) is 0 Å². The van der Waals surface area contributed by atoms with Gasteiger partial charge in [-0.3, -0.25) is 9.59 Å². The first-order chi connectivity index (χ1) is 8.79. The molecular weight excluding hydrogens is 252 g/mol. The van der Waals surface area contributed by atoms with E-state index in [-0.39, 0.29) is 24.9 Å². The molecule has 0 aliphatic rings. The number of methoxy groups -OCH3 is 1. The first-order valence-corrected chi connectivity index (χ1v) is 6.08. The summed E-state index contributed by atoms with van der Waals surface area (Å²) in [4.78, 5) is 34.0. The van der Waals surface area contributed by atoms with Crippen LogP contribution in [0.5, 0.6) is 0 Å². The number of aliphatic carboxylic acids is 1. The van der Waals surface area contributed by atoms with Crippen LogP contribution in [0.4, 0.5) is 0 Å². The van der Waals surface area contributed by atoms with E-state index in [1.54, 1.807) is 13.8 Å². The second-order valence-corrected chi connectivity index (χ2v) is 4.60. The smallest absolute Gasteiger partial charge is 0.326 e. The number of carbonyl (C=O) groups excluding carboxylic acids is 2. The second kappa shape index (κ2) is 8.47. The van der Waals surface area contributed by atoms with Crippen molar-refractivity contribution in [3.8, 4) is 0 Å². The quantitative estimate of drug-likeness (QED) is 0.566. The van der Waals surface area contributed by atoms with Crippen molar-refractivity contribution in [1.82, 2.24) is 10.6 Å². The summed E-state index contributed by atoms with van der Waals surface area (Å²) in [6.07, 6.45) is 0.169. The summed E-state index contributed by atoms with van der Waals surface area (Å²) in [5.74, 6) is -2.11. The average molecular weight is 274 g/mol. The maximum absolute atomic E-state index is 12.0. The van der Waals surface area contributed by atoms with Crippen molar-refractivity contribution in [2.75, 3.05) is 13.7 Å². The molecule has 7 nitrogen and oxygen atoms in total. The average Bonchev–Trinajstić information content (AvgIpc) is 2.30. The summed E-state index contributed by atoms with van der Waals surface area (Å²) in [6.45, 7) is 5.07. The van der Waals surface area contributed by atoms with Gasteiger partial charge in [-0.05, 0) is 5.92 Å². The van der Waals surface area contributed by atoms with Crippen molar-refractivity contribution < 1.29 is 24.2 Å². The molecule has 2 unspecified atom stereocenters. The first-order valence-electron chi connectivity index (χ1n) is 6.08. The lowest BCUT2D eigenvalue weighted by atomic mass is 10.0. The Morgan fingerprint density at radius 1 is 1.21 bits per heavy atom. The molecule has 0 saturated heterocycles. The van der Waals surface area contributed by atoms with Crippen molar-refractivity contribution >= 4 is 17.8 Å². The Hall–Kier alpha value is -1.63. The van der Waals surface area contributed by atoms with Crippen molar-refractivity contribution in [1.29, 1.82) is 0 Å². The first kappa shape index (κ1) is 17.4. The van der Waals surface area contributed by atoms with Crippen molar-refractivity contribution in [2.45, 2.75) is 39.3 Å². The van der Waals surface area contributed by atoms with Gasteiger partial charge in [0.05, 0.1) is 0 Å². The van der Waals surface area contributed by atoms with E-state index in [0.29, 0.717) is 0 Å². The van der Waals surface area contributed by atoms with Crippen LogP contribution in [-0.4, -0.2) is 48.7 Å². The third-order valence-electron chi connectivity index (χ3n) is 2.53. The minimum Gasteiger partial charge on any atom is -0.480 e. The lowest BCUT2D eigenvalue weighted by Gasteiger charge is -2.23. The Morgan fingerprint density at radius 2 is 1.79 bits per heavy atom. The standard InChI is InChI=1S/C12H22N2O5/c1-7(2)10(13-8(3)15)11(16)14-9(12(17)18)5-6-19-4/h7,9-10H,5-6H2,1-4H3,(H,13,15)(H,14,16)(H,17,18). The number of carboxylic acid groups (broad SMARTS) is 1. The number of rotatable bonds is 8. The SMILES string of the molecule is COCCC(NC(=O)C(NC(C)=O)C(C)C)C(=O)O. The molecule has 0 heterocycles. The topological polar surface area (TPSA) is 105 Å². The van der Waals surface area contributed by atoms with Crippen molar-refractivity contribution in [3.05, 3.63) is 0 Å². The highest BCUT2D eigenvalue weighted by Crippen LogP contribution is 2.03. The number of carbonyl (C=O) groups is 3. The van der Waals surface area contributed by atoms with E-state index in [9.17, 15) is 14.4 Å². The highest BCUT2D eigenvalue weighted by molar-refractivity contribution is 5.90. The van der Waals surface area contributed by atoms with Crippen LogP contribution in [0.2, 0.25) is 0 Å². The van der Waals surface area contributed by atoms with Gasteiger partial charge in [0.15, 0.2) is 0 Å². The fraction of sp³-hybridized carbons (Fsp3) is 0.750. The molecule has 0 radical (unpaired) electrons. The van der Waals surface area contributed by atoms with Crippen LogP contribution in [-0.2, 0) is 19.1 Å². The fourth-order valence-corrected chi connectivity index (χ4v) is 1.51. The van der Waals surface area contributed by atoms with Gasteiger partial charge in [-0.1, -0.05) is 13.8 Å². The summed E-state index contributed by atoms with van der Waals surface area (Å²) in [7, 11) is 1.45. The third kappa shape index (κ3) is 6.76. The van der Waals surface area contributed by atoms with Crippen LogP contribution in [0.15, 0.2) is 0 Å². The van der Waals surface area contributed by atoms with Gasteiger partial charge < -0.3 is 20.5 Å². The highest BCUT2D eigenvalue weighted by Gasteiger charge is 2.27. The summed E-state index contributed by atoms with van der Waals surface area (Å²) in [5, 5.41) is 13.9. The maximum Gasteiger partial charge on any atom is 0.326 e. The van der Waals surface area contributed by atoms with Crippen molar-refractivity contribution in [2.24, 2.45) is 5.92 Å². The summed E-state index contributed by atoms with van der Waals surface area (Å²) in [6, 6.07) is -1.77. The second-order valence-electron chi connectivity index (χ2n) is 4.60. The van der Waals surface area contributed by atoms with Crippen LogP contribution in [0.1, 0.15) is 27.2 Å². The molecule has 0 saturated carbocycles. The van der Waals surface area contributed by atoms with Crippen LogP contribution >= 0.6 is 0 Å². The Labute approximate surface area is 112 Å². The Balaban J connectivity index is 4.65. The van der Waals surface area contributed by atoms with Gasteiger partial charge in [0.1, 0.15) is 12.1 Å². The molecule has 0 fully saturated rings. The van der Waals surface area contributed by atoms with Gasteiger partial charge in [0.2, 0.25) is 11.8 Å². The molecule has 19 heavy (non-hydrogen) atoms. The molecular formula is C12H22N2O5. The summed E-state index contributed by atoms with van der Waals surface area (Å²) >= 11 is 0. The molecule has 0 aliphatic carbocycles. The minimum atomic E-state index is -1.13. The number of nitrogens with one attached hydrogen (secondary N) is 2. The molecule has 2 amide bonds. The van der Waals surface area contributed by atoms with E-state index >= 15 is 0 Å². The van der Waals surface area contributed by atoms with E-state index in [1.165, 1.54) is 14.0 Å². The molecule has 0 rings (SSSR count). The molecule has 110 valence electrons. The molecule has 3 N–H and O–H groups in total. The monoisotopic (exact) mass is 274 g/mol. The Morgan fingerprint density at radius 3 is 2.16 bits per heavy atom. The molecule has 0 aromatic rings. The van der Waals surface area contributed by atoms with Gasteiger partial charge in [-0.2, -0.15) is 0 Å². The van der Waals surface area contributed by atoms with E-state index in [1.807, 2.05) is 0 Å².